The first-order valence-corrected chi connectivity index (χ1v) is 5.14. The second kappa shape index (κ2) is 10.5. The fraction of sp³-hybridized carbons (Fsp3) is 0.900. The van der Waals surface area contributed by atoms with E-state index in [1.54, 1.807) is 7.11 Å². The molecule has 0 rings (SSSR count). The van der Waals surface area contributed by atoms with Crippen LogP contribution in [0.1, 0.15) is 26.2 Å². The molecule has 0 aromatic carbocycles. The second-order valence-electron chi connectivity index (χ2n) is 3.00. The van der Waals surface area contributed by atoms with Gasteiger partial charge in [-0.1, -0.05) is 0 Å². The third-order valence-electron chi connectivity index (χ3n) is 1.74. The maximum Gasteiger partial charge on any atom is 0.220 e. The summed E-state index contributed by atoms with van der Waals surface area (Å²) in [5.74, 6) is 0.0980. The zero-order chi connectivity index (χ0) is 10.6. The van der Waals surface area contributed by atoms with Gasteiger partial charge >= 0.3 is 0 Å². The first kappa shape index (κ1) is 13.4. The molecule has 0 spiro atoms. The summed E-state index contributed by atoms with van der Waals surface area (Å²) in [5.41, 5.74) is 0. The van der Waals surface area contributed by atoms with E-state index in [1.165, 1.54) is 0 Å². The van der Waals surface area contributed by atoms with Crippen molar-refractivity contribution >= 4 is 5.91 Å². The number of carbonyl (C=O) groups is 1. The van der Waals surface area contributed by atoms with Crippen molar-refractivity contribution in [1.82, 2.24) is 5.32 Å². The van der Waals surface area contributed by atoms with Crippen molar-refractivity contribution in [2.24, 2.45) is 0 Å². The Kier molecular flexibility index (Phi) is 10.0. The number of carbonyl (C=O) groups excluding carboxylic acids is 1. The highest BCUT2D eigenvalue weighted by Crippen LogP contribution is 1.90. The molecule has 0 aliphatic carbocycles. The smallest absolute Gasteiger partial charge is 0.220 e. The Balaban J connectivity index is 3.11. The fourth-order valence-corrected chi connectivity index (χ4v) is 1.01. The van der Waals surface area contributed by atoms with Crippen LogP contribution in [0.25, 0.3) is 0 Å². The van der Waals surface area contributed by atoms with Crippen LogP contribution in [0.4, 0.5) is 0 Å². The molecule has 0 aliphatic heterocycles. The predicted molar refractivity (Wildman–Crippen MR) is 55.2 cm³/mol. The zero-order valence-electron chi connectivity index (χ0n) is 9.17. The monoisotopic (exact) mass is 203 g/mol. The van der Waals surface area contributed by atoms with E-state index in [1.807, 2.05) is 6.92 Å². The number of ether oxygens (including phenoxy) is 2. The Morgan fingerprint density at radius 3 is 2.71 bits per heavy atom. The molecule has 4 heteroatoms. The quantitative estimate of drug-likeness (QED) is 0.568. The average Bonchev–Trinajstić information content (AvgIpc) is 2.19. The number of nitrogens with one attached hydrogen (secondary N) is 1. The molecule has 1 amide bonds. The summed E-state index contributed by atoms with van der Waals surface area (Å²) in [5, 5.41) is 2.82. The SMILES string of the molecule is CCOCCCC(=O)NCCCOC. The molecule has 4 nitrogen and oxygen atoms in total. The largest absolute Gasteiger partial charge is 0.385 e. The lowest BCUT2D eigenvalue weighted by Crippen LogP contribution is -2.25. The molecule has 0 atom stereocenters. The summed E-state index contributed by atoms with van der Waals surface area (Å²) in [4.78, 5) is 11.2. The molecule has 0 aromatic rings. The van der Waals surface area contributed by atoms with Gasteiger partial charge in [0.1, 0.15) is 0 Å². The van der Waals surface area contributed by atoms with Crippen LogP contribution in [-0.4, -0.2) is 39.4 Å². The third-order valence-corrected chi connectivity index (χ3v) is 1.74. The summed E-state index contributed by atoms with van der Waals surface area (Å²) >= 11 is 0. The molecule has 0 saturated heterocycles. The molecule has 1 N–H and O–H groups in total. The highest BCUT2D eigenvalue weighted by molar-refractivity contribution is 5.75. The van der Waals surface area contributed by atoms with Gasteiger partial charge in [-0.25, -0.2) is 0 Å². The van der Waals surface area contributed by atoms with E-state index in [9.17, 15) is 4.79 Å². The number of rotatable bonds is 9. The number of hydrogen-bond donors (Lipinski definition) is 1. The van der Waals surface area contributed by atoms with Gasteiger partial charge in [-0.3, -0.25) is 4.79 Å². The van der Waals surface area contributed by atoms with Gasteiger partial charge in [0.05, 0.1) is 0 Å². The van der Waals surface area contributed by atoms with Crippen LogP contribution in [0, 0.1) is 0 Å². The van der Waals surface area contributed by atoms with Gasteiger partial charge in [-0.2, -0.15) is 0 Å². The molecule has 0 fully saturated rings. The van der Waals surface area contributed by atoms with E-state index in [0.29, 0.717) is 26.2 Å². The molecule has 0 unspecified atom stereocenters. The summed E-state index contributed by atoms with van der Waals surface area (Å²) < 4.78 is 9.99. The molecule has 0 radical (unpaired) electrons. The summed E-state index contributed by atoms with van der Waals surface area (Å²) in [6.45, 7) is 4.73. The maximum atomic E-state index is 11.2. The van der Waals surface area contributed by atoms with Crippen molar-refractivity contribution in [3.05, 3.63) is 0 Å². The molecular weight excluding hydrogens is 182 g/mol. The Labute approximate surface area is 86.0 Å². The lowest BCUT2D eigenvalue weighted by Gasteiger charge is -2.04. The first-order chi connectivity index (χ1) is 6.81. The Morgan fingerprint density at radius 2 is 2.07 bits per heavy atom. The van der Waals surface area contributed by atoms with Gasteiger partial charge in [0.15, 0.2) is 0 Å². The van der Waals surface area contributed by atoms with Gasteiger partial charge in [0.25, 0.3) is 0 Å². The van der Waals surface area contributed by atoms with E-state index >= 15 is 0 Å². The third kappa shape index (κ3) is 9.48. The second-order valence-corrected chi connectivity index (χ2v) is 3.00. The molecule has 0 heterocycles. The average molecular weight is 203 g/mol. The molecule has 14 heavy (non-hydrogen) atoms. The number of amides is 1. The van der Waals surface area contributed by atoms with E-state index in [-0.39, 0.29) is 5.91 Å². The van der Waals surface area contributed by atoms with Crippen LogP contribution in [0.5, 0.6) is 0 Å². The summed E-state index contributed by atoms with van der Waals surface area (Å²) in [7, 11) is 1.66. The van der Waals surface area contributed by atoms with Gasteiger partial charge < -0.3 is 14.8 Å². The normalized spacial score (nSPS) is 10.1. The molecule has 0 aliphatic rings. The van der Waals surface area contributed by atoms with Crippen LogP contribution in [0.2, 0.25) is 0 Å². The van der Waals surface area contributed by atoms with Crippen molar-refractivity contribution in [3.63, 3.8) is 0 Å². The fourth-order valence-electron chi connectivity index (χ4n) is 1.01. The van der Waals surface area contributed by atoms with Crippen molar-refractivity contribution in [3.8, 4) is 0 Å². The van der Waals surface area contributed by atoms with Crippen molar-refractivity contribution in [2.45, 2.75) is 26.2 Å². The molecule has 0 aromatic heterocycles. The van der Waals surface area contributed by atoms with Crippen molar-refractivity contribution < 1.29 is 14.3 Å². The summed E-state index contributed by atoms with van der Waals surface area (Å²) in [6, 6.07) is 0. The first-order valence-electron chi connectivity index (χ1n) is 5.14. The zero-order valence-corrected chi connectivity index (χ0v) is 9.17. The van der Waals surface area contributed by atoms with Gasteiger partial charge in [-0.05, 0) is 19.8 Å². The maximum absolute atomic E-state index is 11.2. The number of hydrogen-bond acceptors (Lipinski definition) is 3. The van der Waals surface area contributed by atoms with Crippen LogP contribution in [-0.2, 0) is 14.3 Å². The molecule has 84 valence electrons. The standard InChI is InChI=1S/C10H21NO3/c1-3-14-9-4-6-10(12)11-7-5-8-13-2/h3-9H2,1-2H3,(H,11,12). The molecular formula is C10H21NO3. The summed E-state index contributed by atoms with van der Waals surface area (Å²) in [6.07, 6.45) is 2.21. The van der Waals surface area contributed by atoms with Crippen LogP contribution < -0.4 is 5.32 Å². The predicted octanol–water partition coefficient (Wildman–Crippen LogP) is 0.956. The van der Waals surface area contributed by atoms with E-state index < -0.39 is 0 Å². The van der Waals surface area contributed by atoms with E-state index in [2.05, 4.69) is 5.32 Å². The highest BCUT2D eigenvalue weighted by Gasteiger charge is 1.99. The van der Waals surface area contributed by atoms with Crippen LogP contribution >= 0.6 is 0 Å². The van der Waals surface area contributed by atoms with Gasteiger partial charge in [-0.15, -0.1) is 0 Å². The van der Waals surface area contributed by atoms with Gasteiger partial charge in [0.2, 0.25) is 5.91 Å². The Bertz CT molecular complexity index is 125. The minimum Gasteiger partial charge on any atom is -0.385 e. The lowest BCUT2D eigenvalue weighted by molar-refractivity contribution is -0.121. The Morgan fingerprint density at radius 1 is 1.29 bits per heavy atom. The lowest BCUT2D eigenvalue weighted by atomic mass is 10.3. The Hall–Kier alpha value is -0.610. The highest BCUT2D eigenvalue weighted by atomic mass is 16.5. The van der Waals surface area contributed by atoms with Crippen molar-refractivity contribution in [2.75, 3.05) is 33.5 Å². The van der Waals surface area contributed by atoms with Gasteiger partial charge in [0, 0.05) is 39.9 Å². The number of methoxy groups -OCH3 is 1. The van der Waals surface area contributed by atoms with E-state index in [4.69, 9.17) is 9.47 Å². The van der Waals surface area contributed by atoms with Crippen LogP contribution in [0.15, 0.2) is 0 Å². The van der Waals surface area contributed by atoms with Crippen molar-refractivity contribution in [1.29, 1.82) is 0 Å². The topological polar surface area (TPSA) is 47.6 Å². The minimum absolute atomic E-state index is 0.0980. The molecule has 0 saturated carbocycles. The van der Waals surface area contributed by atoms with E-state index in [0.717, 1.165) is 19.4 Å². The van der Waals surface area contributed by atoms with Crippen LogP contribution in [0.3, 0.4) is 0 Å². The molecule has 0 bridgehead atoms. The minimum atomic E-state index is 0.0980.